The molecular formula is C12H22N2O2. The van der Waals surface area contributed by atoms with E-state index in [9.17, 15) is 4.79 Å². The van der Waals surface area contributed by atoms with Crippen molar-refractivity contribution in [2.45, 2.75) is 44.1 Å². The summed E-state index contributed by atoms with van der Waals surface area (Å²) in [5.41, 5.74) is 5.87. The lowest BCUT2D eigenvalue weighted by atomic mass is 9.75. The SMILES string of the molecule is NC1(CC(=O)N2CCC(CO)CC2)CCC1. The number of aliphatic hydroxyl groups is 1. The van der Waals surface area contributed by atoms with Crippen molar-refractivity contribution in [3.8, 4) is 0 Å². The summed E-state index contributed by atoms with van der Waals surface area (Å²) in [7, 11) is 0. The van der Waals surface area contributed by atoms with Crippen LogP contribution >= 0.6 is 0 Å². The average molecular weight is 226 g/mol. The Morgan fingerprint density at radius 3 is 2.44 bits per heavy atom. The van der Waals surface area contributed by atoms with Crippen LogP contribution in [-0.4, -0.2) is 41.1 Å². The van der Waals surface area contributed by atoms with Gasteiger partial charge in [0.25, 0.3) is 0 Å². The Bertz CT molecular complexity index is 256. The maximum Gasteiger partial charge on any atom is 0.224 e. The van der Waals surface area contributed by atoms with Gasteiger partial charge in [0.15, 0.2) is 0 Å². The van der Waals surface area contributed by atoms with Crippen molar-refractivity contribution in [1.82, 2.24) is 4.90 Å². The van der Waals surface area contributed by atoms with Crippen molar-refractivity contribution in [3.63, 3.8) is 0 Å². The Labute approximate surface area is 96.8 Å². The lowest BCUT2D eigenvalue weighted by Crippen LogP contribution is -2.51. The number of hydrogen-bond donors (Lipinski definition) is 2. The van der Waals surface area contributed by atoms with Gasteiger partial charge < -0.3 is 15.7 Å². The number of rotatable bonds is 3. The van der Waals surface area contributed by atoms with Gasteiger partial charge in [-0.15, -0.1) is 0 Å². The standard InChI is InChI=1S/C12H22N2O2/c13-12(4-1-5-12)8-11(16)14-6-2-10(9-15)3-7-14/h10,15H,1-9,13H2. The minimum atomic E-state index is -0.203. The number of nitrogens with two attached hydrogens (primary N) is 1. The van der Waals surface area contributed by atoms with Gasteiger partial charge in [-0.1, -0.05) is 0 Å². The van der Waals surface area contributed by atoms with Crippen molar-refractivity contribution in [2.24, 2.45) is 11.7 Å². The fourth-order valence-corrected chi connectivity index (χ4v) is 2.59. The number of carbonyl (C=O) groups excluding carboxylic acids is 1. The van der Waals surface area contributed by atoms with Crippen molar-refractivity contribution in [1.29, 1.82) is 0 Å². The highest BCUT2D eigenvalue weighted by molar-refractivity contribution is 5.77. The summed E-state index contributed by atoms with van der Waals surface area (Å²) < 4.78 is 0. The third-order valence-electron chi connectivity index (χ3n) is 4.08. The number of piperidine rings is 1. The Hall–Kier alpha value is -0.610. The molecule has 0 aromatic rings. The first-order chi connectivity index (χ1) is 7.63. The van der Waals surface area contributed by atoms with Crippen LogP contribution in [0.1, 0.15) is 38.5 Å². The first-order valence-electron chi connectivity index (χ1n) is 6.30. The van der Waals surface area contributed by atoms with Gasteiger partial charge >= 0.3 is 0 Å². The highest BCUT2D eigenvalue weighted by atomic mass is 16.3. The van der Waals surface area contributed by atoms with Crippen LogP contribution in [0.3, 0.4) is 0 Å². The van der Waals surface area contributed by atoms with E-state index in [1.54, 1.807) is 0 Å². The molecule has 1 amide bonds. The van der Waals surface area contributed by atoms with Crippen molar-refractivity contribution >= 4 is 5.91 Å². The molecule has 16 heavy (non-hydrogen) atoms. The van der Waals surface area contributed by atoms with Gasteiger partial charge in [-0.25, -0.2) is 0 Å². The van der Waals surface area contributed by atoms with Crippen LogP contribution in [0.15, 0.2) is 0 Å². The zero-order valence-electron chi connectivity index (χ0n) is 9.82. The number of carbonyl (C=O) groups is 1. The Kier molecular flexibility index (Phi) is 3.50. The molecule has 0 aromatic heterocycles. The second-order valence-corrected chi connectivity index (χ2v) is 5.40. The van der Waals surface area contributed by atoms with E-state index in [-0.39, 0.29) is 18.1 Å². The van der Waals surface area contributed by atoms with Crippen LogP contribution in [0, 0.1) is 5.92 Å². The second-order valence-electron chi connectivity index (χ2n) is 5.40. The van der Waals surface area contributed by atoms with Gasteiger partial charge in [0.1, 0.15) is 0 Å². The molecule has 4 nitrogen and oxygen atoms in total. The summed E-state index contributed by atoms with van der Waals surface area (Å²) in [5, 5.41) is 9.03. The Balaban J connectivity index is 1.78. The summed E-state index contributed by atoms with van der Waals surface area (Å²) >= 11 is 0. The Morgan fingerprint density at radius 1 is 1.38 bits per heavy atom. The van der Waals surface area contributed by atoms with E-state index in [2.05, 4.69) is 0 Å². The number of hydrogen-bond acceptors (Lipinski definition) is 3. The summed E-state index contributed by atoms with van der Waals surface area (Å²) in [4.78, 5) is 13.9. The van der Waals surface area contributed by atoms with Crippen LogP contribution in [0.4, 0.5) is 0 Å². The predicted octanol–water partition coefficient (Wildman–Crippen LogP) is 0.489. The lowest BCUT2D eigenvalue weighted by Gasteiger charge is -2.40. The molecule has 2 fully saturated rings. The van der Waals surface area contributed by atoms with Crippen LogP contribution < -0.4 is 5.73 Å². The average Bonchev–Trinajstić information content (AvgIpc) is 2.27. The largest absolute Gasteiger partial charge is 0.396 e. The molecule has 3 N–H and O–H groups in total. The van der Waals surface area contributed by atoms with E-state index >= 15 is 0 Å². The van der Waals surface area contributed by atoms with E-state index in [1.807, 2.05) is 4.90 Å². The van der Waals surface area contributed by atoms with Crippen molar-refractivity contribution in [3.05, 3.63) is 0 Å². The summed E-state index contributed by atoms with van der Waals surface area (Å²) in [6.45, 7) is 1.84. The topological polar surface area (TPSA) is 66.6 Å². The zero-order chi connectivity index (χ0) is 11.6. The molecule has 0 unspecified atom stereocenters. The highest BCUT2D eigenvalue weighted by Gasteiger charge is 2.36. The molecule has 4 heteroatoms. The minimum absolute atomic E-state index is 0.203. The normalized spacial score (nSPS) is 25.2. The third-order valence-corrected chi connectivity index (χ3v) is 4.08. The molecule has 1 heterocycles. The maximum absolute atomic E-state index is 12.0. The molecule has 1 saturated carbocycles. The van der Waals surface area contributed by atoms with E-state index < -0.39 is 0 Å². The van der Waals surface area contributed by atoms with E-state index in [1.165, 1.54) is 0 Å². The molecule has 2 aliphatic rings. The highest BCUT2D eigenvalue weighted by Crippen LogP contribution is 2.33. The number of likely N-dealkylation sites (tertiary alicyclic amines) is 1. The molecule has 1 aliphatic carbocycles. The minimum Gasteiger partial charge on any atom is -0.396 e. The first-order valence-corrected chi connectivity index (χ1v) is 6.30. The Morgan fingerprint density at radius 2 is 2.00 bits per heavy atom. The molecule has 0 atom stereocenters. The molecule has 0 radical (unpaired) electrons. The van der Waals surface area contributed by atoms with Gasteiger partial charge in [0, 0.05) is 31.7 Å². The molecule has 1 saturated heterocycles. The van der Waals surface area contributed by atoms with Crippen molar-refractivity contribution < 1.29 is 9.90 Å². The molecule has 0 bridgehead atoms. The number of nitrogens with zero attached hydrogens (tertiary/aromatic N) is 1. The van der Waals surface area contributed by atoms with Crippen LogP contribution in [-0.2, 0) is 4.79 Å². The fourth-order valence-electron chi connectivity index (χ4n) is 2.59. The summed E-state index contributed by atoms with van der Waals surface area (Å²) in [6, 6.07) is 0. The smallest absolute Gasteiger partial charge is 0.224 e. The van der Waals surface area contributed by atoms with E-state index in [0.29, 0.717) is 12.3 Å². The monoisotopic (exact) mass is 226 g/mol. The van der Waals surface area contributed by atoms with Crippen LogP contribution in [0.25, 0.3) is 0 Å². The fraction of sp³-hybridized carbons (Fsp3) is 0.917. The molecule has 0 aromatic carbocycles. The predicted molar refractivity (Wildman–Crippen MR) is 61.8 cm³/mol. The molecular weight excluding hydrogens is 204 g/mol. The third kappa shape index (κ3) is 2.55. The zero-order valence-corrected chi connectivity index (χ0v) is 9.82. The number of amides is 1. The van der Waals surface area contributed by atoms with Gasteiger partial charge in [-0.3, -0.25) is 4.79 Å². The van der Waals surface area contributed by atoms with E-state index in [0.717, 1.165) is 45.2 Å². The van der Waals surface area contributed by atoms with Gasteiger partial charge in [-0.2, -0.15) is 0 Å². The van der Waals surface area contributed by atoms with Crippen LogP contribution in [0.5, 0.6) is 0 Å². The van der Waals surface area contributed by atoms with Gasteiger partial charge in [-0.05, 0) is 38.0 Å². The van der Waals surface area contributed by atoms with Gasteiger partial charge in [0.05, 0.1) is 0 Å². The lowest BCUT2D eigenvalue weighted by molar-refractivity contribution is -0.134. The van der Waals surface area contributed by atoms with E-state index in [4.69, 9.17) is 10.8 Å². The summed E-state index contributed by atoms with van der Waals surface area (Å²) in [5.74, 6) is 0.596. The van der Waals surface area contributed by atoms with Crippen molar-refractivity contribution in [2.75, 3.05) is 19.7 Å². The van der Waals surface area contributed by atoms with Crippen LogP contribution in [0.2, 0.25) is 0 Å². The molecule has 2 rings (SSSR count). The quantitative estimate of drug-likeness (QED) is 0.736. The first kappa shape index (κ1) is 11.9. The second kappa shape index (κ2) is 4.72. The molecule has 92 valence electrons. The molecule has 0 spiro atoms. The maximum atomic E-state index is 12.0. The number of aliphatic hydroxyl groups excluding tert-OH is 1. The summed E-state index contributed by atoms with van der Waals surface area (Å²) in [6.07, 6.45) is 5.52. The molecule has 1 aliphatic heterocycles. The van der Waals surface area contributed by atoms with Gasteiger partial charge in [0.2, 0.25) is 5.91 Å².